The monoisotopic (exact) mass is 344 g/mol. The zero-order chi connectivity index (χ0) is 18.1. The van der Waals surface area contributed by atoms with Crippen molar-refractivity contribution < 1.29 is 0 Å². The summed E-state index contributed by atoms with van der Waals surface area (Å²) in [5.41, 5.74) is 9.74. The molecule has 0 bridgehead atoms. The van der Waals surface area contributed by atoms with Crippen LogP contribution in [0.25, 0.3) is 16.9 Å². The van der Waals surface area contributed by atoms with E-state index >= 15 is 0 Å². The summed E-state index contributed by atoms with van der Waals surface area (Å²) >= 11 is 0. The molecule has 0 aliphatic carbocycles. The number of nitrogens with zero attached hydrogens (tertiary/aromatic N) is 4. The highest BCUT2D eigenvalue weighted by atomic mass is 16.1. The van der Waals surface area contributed by atoms with Crippen LogP contribution in [0.4, 0.5) is 17.2 Å². The number of aromatic nitrogens is 3. The maximum Gasteiger partial charge on any atom is 0.251 e. The minimum absolute atomic E-state index is 0.196. The van der Waals surface area contributed by atoms with Gasteiger partial charge in [0, 0.05) is 11.6 Å². The summed E-state index contributed by atoms with van der Waals surface area (Å²) in [5.74, 6) is 0.196. The van der Waals surface area contributed by atoms with Gasteiger partial charge in [-0.3, -0.25) is 4.79 Å². The van der Waals surface area contributed by atoms with E-state index in [-0.39, 0.29) is 11.4 Å². The smallest absolute Gasteiger partial charge is 0.251 e. The van der Waals surface area contributed by atoms with E-state index in [1.807, 2.05) is 61.5 Å². The van der Waals surface area contributed by atoms with E-state index in [9.17, 15) is 4.79 Å². The first-order valence-electron chi connectivity index (χ1n) is 8.08. The van der Waals surface area contributed by atoms with Crippen LogP contribution in [0, 0.1) is 6.92 Å². The third-order valence-corrected chi connectivity index (χ3v) is 4.07. The molecule has 0 aliphatic heterocycles. The average molecular weight is 344 g/mol. The molecule has 0 spiro atoms. The Balaban J connectivity index is 1.90. The lowest BCUT2D eigenvalue weighted by Gasteiger charge is -2.04. The first-order chi connectivity index (χ1) is 12.6. The molecule has 0 saturated heterocycles. The molecule has 0 radical (unpaired) electrons. The predicted octanol–water partition coefficient (Wildman–Crippen LogP) is 4.00. The van der Waals surface area contributed by atoms with Crippen LogP contribution < -0.4 is 11.3 Å². The van der Waals surface area contributed by atoms with Crippen LogP contribution in [0.5, 0.6) is 0 Å². The SMILES string of the molecule is Cc1ccccc1N=Nc1c(N)nn2c(-c3ccccc3)cc(=O)[nH]c12. The van der Waals surface area contributed by atoms with Gasteiger partial charge in [-0.25, -0.2) is 4.52 Å². The summed E-state index contributed by atoms with van der Waals surface area (Å²) in [5, 5.41) is 12.8. The molecule has 0 saturated carbocycles. The molecule has 128 valence electrons. The van der Waals surface area contributed by atoms with Gasteiger partial charge < -0.3 is 10.7 Å². The van der Waals surface area contributed by atoms with Crippen LogP contribution in [0.1, 0.15) is 5.56 Å². The lowest BCUT2D eigenvalue weighted by Crippen LogP contribution is -2.09. The van der Waals surface area contributed by atoms with Crippen molar-refractivity contribution >= 4 is 22.8 Å². The quantitative estimate of drug-likeness (QED) is 0.549. The third kappa shape index (κ3) is 2.75. The van der Waals surface area contributed by atoms with Crippen LogP contribution in [0.15, 0.2) is 75.7 Å². The van der Waals surface area contributed by atoms with E-state index in [0.717, 1.165) is 16.8 Å². The third-order valence-electron chi connectivity index (χ3n) is 4.07. The lowest BCUT2D eigenvalue weighted by atomic mass is 10.1. The Morgan fingerprint density at radius 3 is 2.54 bits per heavy atom. The summed E-state index contributed by atoms with van der Waals surface area (Å²) in [7, 11) is 0. The van der Waals surface area contributed by atoms with Crippen LogP contribution in [-0.2, 0) is 0 Å². The number of fused-ring (bicyclic) bond motifs is 1. The predicted molar refractivity (Wildman–Crippen MR) is 101 cm³/mol. The average Bonchev–Trinajstić information content (AvgIpc) is 2.96. The molecular weight excluding hydrogens is 328 g/mol. The first-order valence-corrected chi connectivity index (χ1v) is 8.08. The fourth-order valence-corrected chi connectivity index (χ4v) is 2.74. The summed E-state index contributed by atoms with van der Waals surface area (Å²) < 4.78 is 1.58. The molecule has 7 heteroatoms. The molecule has 0 amide bonds. The number of benzene rings is 2. The number of hydrogen-bond donors (Lipinski definition) is 2. The minimum atomic E-state index is -0.261. The molecule has 3 N–H and O–H groups in total. The van der Waals surface area contributed by atoms with Gasteiger partial charge in [-0.05, 0) is 18.6 Å². The summed E-state index contributed by atoms with van der Waals surface area (Å²) in [6.07, 6.45) is 0. The maximum atomic E-state index is 12.2. The highest BCUT2D eigenvalue weighted by Gasteiger charge is 2.15. The molecule has 0 atom stereocenters. The highest BCUT2D eigenvalue weighted by Crippen LogP contribution is 2.30. The minimum Gasteiger partial charge on any atom is -0.380 e. The van der Waals surface area contributed by atoms with E-state index in [4.69, 9.17) is 5.73 Å². The van der Waals surface area contributed by atoms with Crippen molar-refractivity contribution in [1.29, 1.82) is 0 Å². The van der Waals surface area contributed by atoms with Crippen molar-refractivity contribution in [3.63, 3.8) is 0 Å². The number of azo groups is 1. The Morgan fingerprint density at radius 1 is 1.04 bits per heavy atom. The number of H-pyrrole nitrogens is 1. The van der Waals surface area contributed by atoms with E-state index in [2.05, 4.69) is 20.3 Å². The number of nitrogens with one attached hydrogen (secondary N) is 1. The van der Waals surface area contributed by atoms with Crippen LogP contribution in [0.2, 0.25) is 0 Å². The number of anilines is 1. The Kier molecular flexibility index (Phi) is 3.81. The maximum absolute atomic E-state index is 12.2. The van der Waals surface area contributed by atoms with E-state index < -0.39 is 0 Å². The van der Waals surface area contributed by atoms with E-state index in [1.54, 1.807) is 4.52 Å². The van der Waals surface area contributed by atoms with Crippen molar-refractivity contribution in [2.75, 3.05) is 5.73 Å². The van der Waals surface area contributed by atoms with Crippen LogP contribution in [0.3, 0.4) is 0 Å². The number of aromatic amines is 1. The summed E-state index contributed by atoms with van der Waals surface area (Å²) in [6, 6.07) is 18.6. The highest BCUT2D eigenvalue weighted by molar-refractivity contribution is 5.78. The molecule has 0 aliphatic rings. The van der Waals surface area contributed by atoms with E-state index in [1.165, 1.54) is 6.07 Å². The fraction of sp³-hybridized carbons (Fsp3) is 0.0526. The van der Waals surface area contributed by atoms with Gasteiger partial charge in [0.2, 0.25) is 0 Å². The molecule has 2 heterocycles. The van der Waals surface area contributed by atoms with Crippen molar-refractivity contribution in [2.24, 2.45) is 10.2 Å². The van der Waals surface area contributed by atoms with Crippen LogP contribution >= 0.6 is 0 Å². The molecule has 0 unspecified atom stereocenters. The standard InChI is InChI=1S/C19H16N6O/c1-12-7-5-6-10-14(12)22-23-17-18(20)24-25-15(11-16(26)21-19(17)25)13-8-3-2-4-9-13/h2-11H,1H3,(H2,20,24)(H,21,26). The molecule has 26 heavy (non-hydrogen) atoms. The number of aryl methyl sites for hydroxylation is 1. The van der Waals surface area contributed by atoms with Gasteiger partial charge in [-0.15, -0.1) is 10.2 Å². The Hall–Kier alpha value is -3.74. The topological polar surface area (TPSA) is 101 Å². The molecule has 7 nitrogen and oxygen atoms in total. The number of rotatable bonds is 3. The van der Waals surface area contributed by atoms with Gasteiger partial charge in [-0.1, -0.05) is 48.5 Å². The van der Waals surface area contributed by atoms with Crippen molar-refractivity contribution in [3.05, 3.63) is 76.6 Å². The fourth-order valence-electron chi connectivity index (χ4n) is 2.74. The lowest BCUT2D eigenvalue weighted by molar-refractivity contribution is 0.945. The van der Waals surface area contributed by atoms with Gasteiger partial charge in [0.05, 0.1) is 11.4 Å². The zero-order valence-electron chi connectivity index (χ0n) is 14.0. The molecule has 2 aromatic heterocycles. The second-order valence-corrected chi connectivity index (χ2v) is 5.87. The molecule has 4 rings (SSSR count). The van der Waals surface area contributed by atoms with Gasteiger partial charge in [0.15, 0.2) is 17.2 Å². The Bertz CT molecular complexity index is 1170. The first kappa shape index (κ1) is 15.8. The summed E-state index contributed by atoms with van der Waals surface area (Å²) in [6.45, 7) is 1.95. The molecular formula is C19H16N6O. The number of nitrogens with two attached hydrogens (primary N) is 1. The molecule has 2 aromatic carbocycles. The van der Waals surface area contributed by atoms with Crippen molar-refractivity contribution in [2.45, 2.75) is 6.92 Å². The van der Waals surface area contributed by atoms with Crippen molar-refractivity contribution in [1.82, 2.24) is 14.6 Å². The number of nitrogen functional groups attached to an aromatic ring is 1. The second-order valence-electron chi connectivity index (χ2n) is 5.87. The normalized spacial score (nSPS) is 11.4. The van der Waals surface area contributed by atoms with E-state index in [0.29, 0.717) is 17.0 Å². The van der Waals surface area contributed by atoms with Gasteiger partial charge in [0.25, 0.3) is 5.56 Å². The molecule has 0 fully saturated rings. The van der Waals surface area contributed by atoms with Gasteiger partial charge >= 0.3 is 0 Å². The van der Waals surface area contributed by atoms with Crippen LogP contribution in [-0.4, -0.2) is 14.6 Å². The zero-order valence-corrected chi connectivity index (χ0v) is 14.0. The van der Waals surface area contributed by atoms with Crippen molar-refractivity contribution in [3.8, 4) is 11.3 Å². The number of hydrogen-bond acceptors (Lipinski definition) is 5. The van der Waals surface area contributed by atoms with Gasteiger partial charge in [0.1, 0.15) is 0 Å². The van der Waals surface area contributed by atoms with Gasteiger partial charge in [-0.2, -0.15) is 5.11 Å². The Labute approximate surface area is 148 Å². The summed E-state index contributed by atoms with van der Waals surface area (Å²) in [4.78, 5) is 14.9. The Morgan fingerprint density at radius 2 is 1.77 bits per heavy atom. The second kappa shape index (κ2) is 6.29. The largest absolute Gasteiger partial charge is 0.380 e. The molecule has 4 aromatic rings.